The van der Waals surface area contributed by atoms with Crippen LogP contribution >= 0.6 is 0 Å². The van der Waals surface area contributed by atoms with Crippen LogP contribution in [-0.2, 0) is 6.42 Å². The molecule has 0 heterocycles. The third-order valence-electron chi connectivity index (χ3n) is 2.81. The first-order valence-electron chi connectivity index (χ1n) is 5.80. The maximum atomic E-state index is 13.6. The van der Waals surface area contributed by atoms with Gasteiger partial charge in [-0.25, -0.2) is 4.39 Å². The van der Waals surface area contributed by atoms with Gasteiger partial charge in [-0.15, -0.1) is 0 Å². The lowest BCUT2D eigenvalue weighted by Gasteiger charge is -2.30. The molecule has 2 nitrogen and oxygen atoms in total. The summed E-state index contributed by atoms with van der Waals surface area (Å²) < 4.78 is 13.6. The molecule has 1 rings (SSSR count). The molecule has 3 heteroatoms. The summed E-state index contributed by atoms with van der Waals surface area (Å²) in [7, 11) is 0. The largest absolute Gasteiger partial charge is 0.329 e. The molecule has 0 saturated heterocycles. The maximum Gasteiger partial charge on any atom is 0.126 e. The van der Waals surface area contributed by atoms with Gasteiger partial charge in [-0.3, -0.25) is 0 Å². The molecular weight excluding hydrogens is 215 g/mol. The summed E-state index contributed by atoms with van der Waals surface area (Å²) in [5.74, 6) is -0.177. The Morgan fingerprint density at radius 1 is 1.47 bits per heavy atom. The first-order chi connectivity index (χ1) is 7.97. The Balaban J connectivity index is 2.74. The van der Waals surface area contributed by atoms with Crippen molar-refractivity contribution in [2.45, 2.75) is 25.8 Å². The molecule has 0 amide bonds. The molecule has 0 aliphatic heterocycles. The van der Waals surface area contributed by atoms with Crippen molar-refractivity contribution in [1.29, 1.82) is 0 Å². The van der Waals surface area contributed by atoms with Crippen LogP contribution in [0, 0.1) is 5.82 Å². The molecule has 1 unspecified atom stereocenters. The zero-order chi connectivity index (χ0) is 12.9. The quantitative estimate of drug-likeness (QED) is 0.743. The van der Waals surface area contributed by atoms with Gasteiger partial charge in [-0.1, -0.05) is 30.4 Å². The minimum atomic E-state index is -0.304. The molecule has 17 heavy (non-hydrogen) atoms. The summed E-state index contributed by atoms with van der Waals surface area (Å²) in [6.07, 6.45) is 0.573. The fourth-order valence-electron chi connectivity index (χ4n) is 1.63. The predicted molar refractivity (Wildman–Crippen MR) is 70.4 cm³/mol. The van der Waals surface area contributed by atoms with Gasteiger partial charge in [0.25, 0.3) is 0 Å². The van der Waals surface area contributed by atoms with E-state index in [1.54, 1.807) is 12.1 Å². The van der Waals surface area contributed by atoms with Crippen molar-refractivity contribution >= 4 is 0 Å². The van der Waals surface area contributed by atoms with E-state index in [0.717, 1.165) is 5.57 Å². The number of halogens is 1. The summed E-state index contributed by atoms with van der Waals surface area (Å²) in [5, 5.41) is 3.33. The van der Waals surface area contributed by atoms with E-state index >= 15 is 0 Å². The molecule has 0 bridgehead atoms. The first-order valence-corrected chi connectivity index (χ1v) is 5.80. The fourth-order valence-corrected chi connectivity index (χ4v) is 1.63. The highest BCUT2D eigenvalue weighted by molar-refractivity contribution is 5.20. The van der Waals surface area contributed by atoms with Gasteiger partial charge in [0.1, 0.15) is 5.82 Å². The second-order valence-electron chi connectivity index (χ2n) is 4.84. The van der Waals surface area contributed by atoms with E-state index in [1.807, 2.05) is 19.9 Å². The first kappa shape index (κ1) is 13.9. The van der Waals surface area contributed by atoms with E-state index in [2.05, 4.69) is 11.9 Å². The SMILES string of the molecule is C=C(C)CNC(C)(CN)Cc1ccccc1F. The van der Waals surface area contributed by atoms with Crippen molar-refractivity contribution in [2.75, 3.05) is 13.1 Å². The molecule has 0 spiro atoms. The van der Waals surface area contributed by atoms with E-state index in [-0.39, 0.29) is 11.4 Å². The number of hydrogen-bond donors (Lipinski definition) is 2. The Bertz CT molecular complexity index is 390. The van der Waals surface area contributed by atoms with Gasteiger partial charge in [0.15, 0.2) is 0 Å². The lowest BCUT2D eigenvalue weighted by molar-refractivity contribution is 0.369. The monoisotopic (exact) mass is 236 g/mol. The number of nitrogens with two attached hydrogens (primary N) is 1. The van der Waals surface area contributed by atoms with E-state index in [0.29, 0.717) is 25.1 Å². The van der Waals surface area contributed by atoms with Gasteiger partial charge in [0.2, 0.25) is 0 Å². The summed E-state index contributed by atoms with van der Waals surface area (Å²) in [5.41, 5.74) is 7.20. The maximum absolute atomic E-state index is 13.6. The zero-order valence-corrected chi connectivity index (χ0v) is 10.6. The minimum absolute atomic E-state index is 0.177. The second-order valence-corrected chi connectivity index (χ2v) is 4.84. The molecular formula is C14H21FN2. The van der Waals surface area contributed by atoms with Crippen molar-refractivity contribution < 1.29 is 4.39 Å². The summed E-state index contributed by atoms with van der Waals surface area (Å²) in [6, 6.07) is 6.81. The van der Waals surface area contributed by atoms with Crippen molar-refractivity contribution in [3.05, 3.63) is 47.8 Å². The average Bonchev–Trinajstić information content (AvgIpc) is 2.30. The molecule has 0 aliphatic carbocycles. The molecule has 0 radical (unpaired) electrons. The highest BCUT2D eigenvalue weighted by Crippen LogP contribution is 2.15. The zero-order valence-electron chi connectivity index (χ0n) is 10.6. The minimum Gasteiger partial charge on any atom is -0.329 e. The summed E-state index contributed by atoms with van der Waals surface area (Å²) in [4.78, 5) is 0. The van der Waals surface area contributed by atoms with Gasteiger partial charge in [-0.05, 0) is 31.9 Å². The number of hydrogen-bond acceptors (Lipinski definition) is 2. The van der Waals surface area contributed by atoms with Crippen molar-refractivity contribution in [1.82, 2.24) is 5.32 Å². The van der Waals surface area contributed by atoms with Crippen LogP contribution in [0.5, 0.6) is 0 Å². The topological polar surface area (TPSA) is 38.0 Å². The molecule has 94 valence electrons. The lowest BCUT2D eigenvalue weighted by Crippen LogP contribution is -2.51. The van der Waals surface area contributed by atoms with Crippen LogP contribution in [0.4, 0.5) is 4.39 Å². The fraction of sp³-hybridized carbons (Fsp3) is 0.429. The molecule has 0 saturated carbocycles. The van der Waals surface area contributed by atoms with Crippen LogP contribution in [0.25, 0.3) is 0 Å². The van der Waals surface area contributed by atoms with E-state index in [4.69, 9.17) is 5.73 Å². The summed E-state index contributed by atoms with van der Waals surface area (Å²) >= 11 is 0. The van der Waals surface area contributed by atoms with E-state index in [1.165, 1.54) is 6.07 Å². The Hall–Kier alpha value is -1.19. The second kappa shape index (κ2) is 5.94. The molecule has 0 fully saturated rings. The molecule has 1 aromatic rings. The molecule has 0 aliphatic rings. The smallest absolute Gasteiger partial charge is 0.126 e. The van der Waals surface area contributed by atoms with Crippen LogP contribution < -0.4 is 11.1 Å². The van der Waals surface area contributed by atoms with Gasteiger partial charge >= 0.3 is 0 Å². The van der Waals surface area contributed by atoms with Gasteiger partial charge in [0, 0.05) is 18.6 Å². The van der Waals surface area contributed by atoms with Gasteiger partial charge in [-0.2, -0.15) is 0 Å². The third-order valence-corrected chi connectivity index (χ3v) is 2.81. The Morgan fingerprint density at radius 2 is 2.12 bits per heavy atom. The Morgan fingerprint density at radius 3 is 2.65 bits per heavy atom. The highest BCUT2D eigenvalue weighted by Gasteiger charge is 2.23. The number of benzene rings is 1. The van der Waals surface area contributed by atoms with Crippen LogP contribution in [0.2, 0.25) is 0 Å². The van der Waals surface area contributed by atoms with Gasteiger partial charge < -0.3 is 11.1 Å². The molecule has 1 aromatic carbocycles. The van der Waals surface area contributed by atoms with Crippen LogP contribution in [-0.4, -0.2) is 18.6 Å². The normalized spacial score (nSPS) is 14.4. The Kier molecular flexibility index (Phi) is 4.85. The molecule has 3 N–H and O–H groups in total. The number of nitrogens with one attached hydrogen (secondary N) is 1. The third kappa shape index (κ3) is 4.29. The van der Waals surface area contributed by atoms with Crippen LogP contribution in [0.1, 0.15) is 19.4 Å². The highest BCUT2D eigenvalue weighted by atomic mass is 19.1. The van der Waals surface area contributed by atoms with Crippen LogP contribution in [0.15, 0.2) is 36.4 Å². The van der Waals surface area contributed by atoms with Gasteiger partial charge in [0.05, 0.1) is 0 Å². The van der Waals surface area contributed by atoms with E-state index < -0.39 is 0 Å². The molecule has 1 atom stereocenters. The average molecular weight is 236 g/mol. The van der Waals surface area contributed by atoms with E-state index in [9.17, 15) is 4.39 Å². The molecule has 0 aromatic heterocycles. The number of rotatable bonds is 6. The van der Waals surface area contributed by atoms with Crippen molar-refractivity contribution in [3.8, 4) is 0 Å². The summed E-state index contributed by atoms with van der Waals surface area (Å²) in [6.45, 7) is 8.94. The van der Waals surface area contributed by atoms with Crippen LogP contribution in [0.3, 0.4) is 0 Å². The standard InChI is InChI=1S/C14H21FN2/c1-11(2)9-17-14(3,10-16)8-12-6-4-5-7-13(12)15/h4-7,17H,1,8-10,16H2,2-3H3. The predicted octanol–water partition coefficient (Wildman–Crippen LogP) is 2.25. The van der Waals surface area contributed by atoms with Crippen molar-refractivity contribution in [2.24, 2.45) is 5.73 Å². The lowest BCUT2D eigenvalue weighted by atomic mass is 9.92. The van der Waals surface area contributed by atoms with Crippen molar-refractivity contribution in [3.63, 3.8) is 0 Å². The Labute approximate surface area is 103 Å².